The number of alkyl halides is 3. The summed E-state index contributed by atoms with van der Waals surface area (Å²) in [6.45, 7) is 0. The first kappa shape index (κ1) is 13.2. The van der Waals surface area contributed by atoms with E-state index in [-0.39, 0.29) is 12.8 Å². The molecule has 7 heteroatoms. The van der Waals surface area contributed by atoms with Gasteiger partial charge in [0.25, 0.3) is 0 Å². The van der Waals surface area contributed by atoms with Gasteiger partial charge in [0.1, 0.15) is 0 Å². The molecule has 0 saturated heterocycles. The van der Waals surface area contributed by atoms with Crippen molar-refractivity contribution in [2.75, 3.05) is 0 Å². The number of carboxylic acids is 1. The Morgan fingerprint density at radius 1 is 1.11 bits per heavy atom. The number of fused-ring (bicyclic) bond motifs is 3. The third kappa shape index (κ3) is 2.06. The van der Waals surface area contributed by atoms with E-state index in [9.17, 15) is 22.8 Å². The normalized spacial score (nSPS) is 35.3. The second kappa shape index (κ2) is 3.86. The highest BCUT2D eigenvalue weighted by molar-refractivity contribution is 5.84. The number of nitrogens with one attached hydrogen (secondary N) is 1. The van der Waals surface area contributed by atoms with E-state index >= 15 is 0 Å². The predicted molar refractivity (Wildman–Crippen MR) is 54.7 cm³/mol. The Balaban J connectivity index is 2.10. The quantitative estimate of drug-likeness (QED) is 0.800. The van der Waals surface area contributed by atoms with Crippen molar-refractivity contribution in [3.05, 3.63) is 0 Å². The highest BCUT2D eigenvalue weighted by atomic mass is 19.4. The summed E-state index contributed by atoms with van der Waals surface area (Å²) in [5.41, 5.74) is -1.91. The van der Waals surface area contributed by atoms with Crippen LogP contribution in [0.3, 0.4) is 0 Å². The molecule has 0 aromatic heterocycles. The van der Waals surface area contributed by atoms with Crippen LogP contribution in [0.5, 0.6) is 0 Å². The van der Waals surface area contributed by atoms with Crippen molar-refractivity contribution < 1.29 is 27.9 Å². The van der Waals surface area contributed by atoms with Gasteiger partial charge in [0, 0.05) is 5.54 Å². The lowest BCUT2D eigenvalue weighted by molar-refractivity contribution is -0.181. The van der Waals surface area contributed by atoms with Crippen molar-refractivity contribution in [1.82, 2.24) is 5.32 Å². The van der Waals surface area contributed by atoms with Crippen LogP contribution in [0.15, 0.2) is 0 Å². The fraction of sp³-hybridized carbons (Fsp3) is 0.818. The molecule has 0 atom stereocenters. The number of carbonyl (C=O) groups is 2. The summed E-state index contributed by atoms with van der Waals surface area (Å²) in [5.74, 6) is -2.94. The van der Waals surface area contributed by atoms with Gasteiger partial charge < -0.3 is 10.4 Å². The largest absolute Gasteiger partial charge is 0.481 e. The van der Waals surface area contributed by atoms with Crippen molar-refractivity contribution in [2.24, 2.45) is 5.41 Å². The molecule has 0 spiro atoms. The number of hydrogen-bond acceptors (Lipinski definition) is 2. The third-order valence-electron chi connectivity index (χ3n) is 4.00. The molecule has 2 N–H and O–H groups in total. The maximum absolute atomic E-state index is 12.2. The van der Waals surface area contributed by atoms with Crippen LogP contribution in [-0.4, -0.2) is 28.7 Å². The summed E-state index contributed by atoms with van der Waals surface area (Å²) in [4.78, 5) is 22.1. The van der Waals surface area contributed by atoms with Gasteiger partial charge in [0.05, 0.1) is 5.41 Å². The molecule has 0 radical (unpaired) electrons. The Morgan fingerprint density at radius 2 is 1.67 bits per heavy atom. The number of carboxylic acid groups (broad SMARTS) is 1. The second-order valence-corrected chi connectivity index (χ2v) is 5.38. The monoisotopic (exact) mass is 265 g/mol. The minimum atomic E-state index is -4.91. The summed E-state index contributed by atoms with van der Waals surface area (Å²) in [6.07, 6.45) is -2.48. The van der Waals surface area contributed by atoms with Gasteiger partial charge in [-0.25, -0.2) is 0 Å². The first-order valence-corrected chi connectivity index (χ1v) is 5.82. The number of aliphatic carboxylic acids is 1. The average Bonchev–Trinajstić information content (AvgIpc) is 2.45. The molecule has 0 aliphatic heterocycles. The highest BCUT2D eigenvalue weighted by Crippen LogP contribution is 2.56. The molecular formula is C11H14F3NO3. The zero-order valence-electron chi connectivity index (χ0n) is 9.64. The van der Waals surface area contributed by atoms with E-state index in [1.54, 1.807) is 0 Å². The summed E-state index contributed by atoms with van der Waals surface area (Å²) >= 11 is 0. The molecule has 0 aromatic carbocycles. The molecule has 4 nitrogen and oxygen atoms in total. The van der Waals surface area contributed by atoms with Crippen LogP contribution < -0.4 is 5.32 Å². The van der Waals surface area contributed by atoms with E-state index < -0.39 is 29.0 Å². The van der Waals surface area contributed by atoms with Crippen molar-refractivity contribution >= 4 is 11.9 Å². The Labute approximate surface area is 102 Å². The minimum absolute atomic E-state index is 0.108. The summed E-state index contributed by atoms with van der Waals surface area (Å²) in [6, 6.07) is 0. The fourth-order valence-electron chi connectivity index (χ4n) is 3.24. The van der Waals surface area contributed by atoms with Crippen LogP contribution in [0.2, 0.25) is 0 Å². The maximum atomic E-state index is 12.2. The van der Waals surface area contributed by atoms with Gasteiger partial charge >= 0.3 is 18.1 Å². The zero-order valence-corrected chi connectivity index (χ0v) is 9.64. The van der Waals surface area contributed by atoms with E-state index in [1.165, 1.54) is 0 Å². The lowest BCUT2D eigenvalue weighted by Crippen LogP contribution is -2.64. The number of carbonyl (C=O) groups excluding carboxylic acids is 1. The molecule has 3 fully saturated rings. The van der Waals surface area contributed by atoms with Crippen LogP contribution >= 0.6 is 0 Å². The first-order chi connectivity index (χ1) is 8.19. The molecule has 0 heterocycles. The van der Waals surface area contributed by atoms with Gasteiger partial charge in [0.2, 0.25) is 0 Å². The van der Waals surface area contributed by atoms with E-state index in [2.05, 4.69) is 0 Å². The summed E-state index contributed by atoms with van der Waals surface area (Å²) < 4.78 is 36.7. The summed E-state index contributed by atoms with van der Waals surface area (Å²) in [5, 5.41) is 11.1. The Bertz CT molecular complexity index is 385. The third-order valence-corrected chi connectivity index (χ3v) is 4.00. The zero-order chi connectivity index (χ0) is 13.6. The van der Waals surface area contributed by atoms with Crippen LogP contribution in [0.1, 0.15) is 38.5 Å². The van der Waals surface area contributed by atoms with E-state index in [0.29, 0.717) is 25.7 Å². The van der Waals surface area contributed by atoms with Gasteiger partial charge in [-0.1, -0.05) is 12.8 Å². The van der Waals surface area contributed by atoms with Gasteiger partial charge in [-0.3, -0.25) is 9.59 Å². The van der Waals surface area contributed by atoms with Crippen LogP contribution in [0, 0.1) is 5.41 Å². The van der Waals surface area contributed by atoms with E-state index in [4.69, 9.17) is 5.11 Å². The lowest BCUT2D eigenvalue weighted by Gasteiger charge is -2.52. The van der Waals surface area contributed by atoms with E-state index in [1.807, 2.05) is 5.32 Å². The minimum Gasteiger partial charge on any atom is -0.481 e. The molecular weight excluding hydrogens is 251 g/mol. The summed E-state index contributed by atoms with van der Waals surface area (Å²) in [7, 11) is 0. The van der Waals surface area contributed by atoms with Gasteiger partial charge in [-0.15, -0.1) is 0 Å². The molecule has 102 valence electrons. The van der Waals surface area contributed by atoms with Crippen molar-refractivity contribution in [3.8, 4) is 0 Å². The van der Waals surface area contributed by atoms with Gasteiger partial charge in [-0.2, -0.15) is 13.2 Å². The molecule has 1 amide bonds. The van der Waals surface area contributed by atoms with Crippen molar-refractivity contribution in [2.45, 2.75) is 50.2 Å². The van der Waals surface area contributed by atoms with Crippen LogP contribution in [0.25, 0.3) is 0 Å². The molecule has 3 saturated carbocycles. The SMILES string of the molecule is O=C(NC12CCCCC(C(=O)O)(C1)C2)C(F)(F)F. The molecule has 2 bridgehead atoms. The average molecular weight is 265 g/mol. The highest BCUT2D eigenvalue weighted by Gasteiger charge is 2.61. The Kier molecular flexibility index (Phi) is 2.82. The van der Waals surface area contributed by atoms with E-state index in [0.717, 1.165) is 0 Å². The Hall–Kier alpha value is -1.27. The molecule has 18 heavy (non-hydrogen) atoms. The van der Waals surface area contributed by atoms with Crippen LogP contribution in [0.4, 0.5) is 13.2 Å². The second-order valence-electron chi connectivity index (χ2n) is 5.38. The lowest BCUT2D eigenvalue weighted by atomic mass is 9.56. The molecule has 3 aliphatic carbocycles. The first-order valence-electron chi connectivity index (χ1n) is 5.82. The molecule has 3 aliphatic rings. The number of amides is 1. The van der Waals surface area contributed by atoms with Crippen LogP contribution in [-0.2, 0) is 9.59 Å². The molecule has 3 rings (SSSR count). The topological polar surface area (TPSA) is 66.4 Å². The number of hydrogen-bond donors (Lipinski definition) is 2. The predicted octanol–water partition coefficient (Wildman–Crippen LogP) is 1.84. The van der Waals surface area contributed by atoms with Crippen molar-refractivity contribution in [3.63, 3.8) is 0 Å². The number of halogens is 3. The smallest absolute Gasteiger partial charge is 0.471 e. The van der Waals surface area contributed by atoms with Gasteiger partial charge in [0.15, 0.2) is 0 Å². The maximum Gasteiger partial charge on any atom is 0.471 e. The fourth-order valence-corrected chi connectivity index (χ4v) is 3.24. The Morgan fingerprint density at radius 3 is 2.17 bits per heavy atom. The molecule has 0 aromatic rings. The van der Waals surface area contributed by atoms with Gasteiger partial charge in [-0.05, 0) is 25.7 Å². The standard InChI is InChI=1S/C11H14F3NO3/c12-11(13,14)7(16)15-10-4-2-1-3-9(5-10,6-10)8(17)18/h1-6H2,(H,15,16)(H,17,18). The number of rotatable bonds is 2. The van der Waals surface area contributed by atoms with Crippen molar-refractivity contribution in [1.29, 1.82) is 0 Å². The molecule has 0 unspecified atom stereocenters.